The summed E-state index contributed by atoms with van der Waals surface area (Å²) >= 11 is 12.6. The lowest BCUT2D eigenvalue weighted by Crippen LogP contribution is -2.47. The molecule has 3 fully saturated rings. The van der Waals surface area contributed by atoms with Crippen molar-refractivity contribution < 1.29 is 14.2 Å². The van der Waals surface area contributed by atoms with Gasteiger partial charge in [0.15, 0.2) is 5.79 Å². The highest BCUT2D eigenvalue weighted by Crippen LogP contribution is 2.35. The molecule has 1 aliphatic carbocycles. The fraction of sp³-hybridized carbons (Fsp3) is 0.700. The van der Waals surface area contributed by atoms with Gasteiger partial charge in [0.05, 0.1) is 32.5 Å². The van der Waals surface area contributed by atoms with E-state index in [2.05, 4.69) is 4.90 Å². The molecule has 1 aromatic carbocycles. The number of hydrogen-bond acceptors (Lipinski definition) is 4. The van der Waals surface area contributed by atoms with Crippen molar-refractivity contribution in [3.8, 4) is 0 Å². The van der Waals surface area contributed by atoms with Crippen LogP contribution in [0.15, 0.2) is 18.2 Å². The van der Waals surface area contributed by atoms with E-state index in [1.165, 1.54) is 19.3 Å². The number of benzene rings is 1. The van der Waals surface area contributed by atoms with Crippen LogP contribution < -0.4 is 0 Å². The number of rotatable bonds is 5. The maximum Gasteiger partial charge on any atom is 0.182 e. The van der Waals surface area contributed by atoms with Crippen molar-refractivity contribution in [1.29, 1.82) is 0 Å². The maximum absolute atomic E-state index is 6.33. The minimum Gasteiger partial charge on any atom is -0.376 e. The fourth-order valence-electron chi connectivity index (χ4n) is 4.57. The molecule has 0 N–H and O–H groups in total. The highest BCUT2D eigenvalue weighted by atomic mass is 35.5. The van der Waals surface area contributed by atoms with Crippen LogP contribution in [0.25, 0.3) is 0 Å². The second-order valence-electron chi connectivity index (χ2n) is 7.54. The second kappa shape index (κ2) is 8.34. The zero-order valence-electron chi connectivity index (χ0n) is 15.1. The van der Waals surface area contributed by atoms with Crippen molar-refractivity contribution in [2.24, 2.45) is 0 Å². The summed E-state index contributed by atoms with van der Waals surface area (Å²) in [6.07, 6.45) is 6.79. The Labute approximate surface area is 165 Å². The van der Waals surface area contributed by atoms with Crippen LogP contribution in [0.2, 0.25) is 10.0 Å². The molecule has 0 amide bonds. The third-order valence-corrected chi connectivity index (χ3v) is 6.63. The van der Waals surface area contributed by atoms with Gasteiger partial charge < -0.3 is 14.2 Å². The van der Waals surface area contributed by atoms with Crippen molar-refractivity contribution in [2.45, 2.75) is 56.5 Å². The highest BCUT2D eigenvalue weighted by molar-refractivity contribution is 6.35. The first-order valence-electron chi connectivity index (χ1n) is 9.73. The quantitative estimate of drug-likeness (QED) is 0.737. The molecule has 0 bridgehead atoms. The molecule has 26 heavy (non-hydrogen) atoms. The number of nitrogens with zero attached hydrogens (tertiary/aromatic N) is 1. The lowest BCUT2D eigenvalue weighted by molar-refractivity contribution is -0.149. The monoisotopic (exact) mass is 399 g/mol. The van der Waals surface area contributed by atoms with Crippen LogP contribution in [0, 0.1) is 0 Å². The molecule has 1 aromatic rings. The summed E-state index contributed by atoms with van der Waals surface area (Å²) < 4.78 is 18.1. The maximum atomic E-state index is 6.33. The van der Waals surface area contributed by atoms with Gasteiger partial charge in [-0.2, -0.15) is 0 Å². The topological polar surface area (TPSA) is 30.9 Å². The number of likely N-dealkylation sites (tertiary alicyclic amines) is 1. The summed E-state index contributed by atoms with van der Waals surface area (Å²) in [6.45, 7) is 3.99. The summed E-state index contributed by atoms with van der Waals surface area (Å²) in [5, 5.41) is 1.44. The van der Waals surface area contributed by atoms with E-state index in [4.69, 9.17) is 37.4 Å². The van der Waals surface area contributed by atoms with Gasteiger partial charge in [-0.3, -0.25) is 4.90 Å². The van der Waals surface area contributed by atoms with Crippen molar-refractivity contribution in [3.63, 3.8) is 0 Å². The zero-order chi connectivity index (χ0) is 18.0. The Balaban J connectivity index is 1.34. The average molecular weight is 400 g/mol. The van der Waals surface area contributed by atoms with Gasteiger partial charge in [-0.15, -0.1) is 0 Å². The SMILES string of the molecule is Clc1cccc(Cl)c1CCOC1CCCCC1N1CCC2(C1)OCCO2. The number of halogens is 2. The van der Waals surface area contributed by atoms with Crippen molar-refractivity contribution >= 4 is 23.2 Å². The first-order valence-corrected chi connectivity index (χ1v) is 10.5. The molecular formula is C20H27Cl2NO3. The second-order valence-corrected chi connectivity index (χ2v) is 8.35. The Bertz CT molecular complexity index is 601. The summed E-state index contributed by atoms with van der Waals surface area (Å²) in [4.78, 5) is 2.53. The van der Waals surface area contributed by atoms with Crippen LogP contribution in [0.4, 0.5) is 0 Å². The highest BCUT2D eigenvalue weighted by Gasteiger charge is 2.46. The van der Waals surface area contributed by atoms with Crippen LogP contribution in [-0.4, -0.2) is 55.7 Å². The Morgan fingerprint density at radius 3 is 2.62 bits per heavy atom. The van der Waals surface area contributed by atoms with E-state index in [0.29, 0.717) is 12.6 Å². The van der Waals surface area contributed by atoms with E-state index in [1.807, 2.05) is 18.2 Å². The molecule has 2 unspecified atom stereocenters. The molecule has 0 aromatic heterocycles. The van der Waals surface area contributed by atoms with E-state index in [9.17, 15) is 0 Å². The average Bonchev–Trinajstić information content (AvgIpc) is 3.28. The minimum atomic E-state index is -0.354. The molecule has 4 rings (SSSR count). The first-order chi connectivity index (χ1) is 12.7. The predicted molar refractivity (Wildman–Crippen MR) is 103 cm³/mol. The van der Waals surface area contributed by atoms with Crippen LogP contribution >= 0.6 is 23.2 Å². The Kier molecular flexibility index (Phi) is 6.09. The van der Waals surface area contributed by atoms with Crippen LogP contribution in [0.3, 0.4) is 0 Å². The first kappa shape index (κ1) is 19.0. The predicted octanol–water partition coefficient (Wildman–Crippen LogP) is 4.31. The standard InChI is InChI=1S/C20H27Cl2NO3/c21-16-4-3-5-17(22)15(16)8-11-24-19-7-2-1-6-18(19)23-10-9-20(14-23)25-12-13-26-20/h3-5,18-19H,1-2,6-14H2. The van der Waals surface area contributed by atoms with E-state index in [-0.39, 0.29) is 11.9 Å². The van der Waals surface area contributed by atoms with E-state index >= 15 is 0 Å². The van der Waals surface area contributed by atoms with Gasteiger partial charge in [0, 0.05) is 29.1 Å². The largest absolute Gasteiger partial charge is 0.376 e. The Hall–Kier alpha value is -0.360. The molecular weight excluding hydrogens is 373 g/mol. The number of hydrogen-bond donors (Lipinski definition) is 0. The van der Waals surface area contributed by atoms with Crippen molar-refractivity contribution in [2.75, 3.05) is 32.9 Å². The summed E-state index contributed by atoms with van der Waals surface area (Å²) in [5.74, 6) is -0.354. The molecule has 2 heterocycles. The molecule has 2 atom stereocenters. The van der Waals surface area contributed by atoms with Gasteiger partial charge in [-0.25, -0.2) is 0 Å². The van der Waals surface area contributed by atoms with Gasteiger partial charge in [-0.05, 0) is 37.0 Å². The molecule has 2 saturated heterocycles. The van der Waals surface area contributed by atoms with Gasteiger partial charge in [0.2, 0.25) is 0 Å². The normalized spacial score (nSPS) is 28.8. The molecule has 6 heteroatoms. The van der Waals surface area contributed by atoms with E-state index in [0.717, 1.165) is 61.2 Å². The van der Waals surface area contributed by atoms with Gasteiger partial charge in [0.1, 0.15) is 0 Å². The third-order valence-electron chi connectivity index (χ3n) is 5.92. The molecule has 2 aliphatic heterocycles. The van der Waals surface area contributed by atoms with Gasteiger partial charge >= 0.3 is 0 Å². The lowest BCUT2D eigenvalue weighted by Gasteiger charge is -2.38. The molecule has 144 valence electrons. The van der Waals surface area contributed by atoms with E-state index < -0.39 is 0 Å². The number of ether oxygens (including phenoxy) is 3. The fourth-order valence-corrected chi connectivity index (χ4v) is 5.16. The smallest absolute Gasteiger partial charge is 0.182 e. The third kappa shape index (κ3) is 4.06. The summed E-state index contributed by atoms with van der Waals surface area (Å²) in [6, 6.07) is 6.11. The van der Waals surface area contributed by atoms with Gasteiger partial charge in [0.25, 0.3) is 0 Å². The molecule has 1 saturated carbocycles. The van der Waals surface area contributed by atoms with E-state index in [1.54, 1.807) is 0 Å². The van der Waals surface area contributed by atoms with Crippen molar-refractivity contribution in [3.05, 3.63) is 33.8 Å². The van der Waals surface area contributed by atoms with Crippen LogP contribution in [0.5, 0.6) is 0 Å². The summed E-state index contributed by atoms with van der Waals surface area (Å²) in [7, 11) is 0. The molecule has 0 radical (unpaired) electrons. The zero-order valence-corrected chi connectivity index (χ0v) is 16.6. The molecule has 4 nitrogen and oxygen atoms in total. The summed E-state index contributed by atoms with van der Waals surface area (Å²) in [5.41, 5.74) is 0.982. The lowest BCUT2D eigenvalue weighted by atomic mass is 9.91. The van der Waals surface area contributed by atoms with Crippen molar-refractivity contribution in [1.82, 2.24) is 4.90 Å². The van der Waals surface area contributed by atoms with Crippen LogP contribution in [0.1, 0.15) is 37.7 Å². The van der Waals surface area contributed by atoms with Crippen LogP contribution in [-0.2, 0) is 20.6 Å². The Morgan fingerprint density at radius 1 is 1.12 bits per heavy atom. The molecule has 3 aliphatic rings. The Morgan fingerprint density at radius 2 is 1.85 bits per heavy atom. The minimum absolute atomic E-state index is 0.265. The van der Waals surface area contributed by atoms with Gasteiger partial charge in [-0.1, -0.05) is 42.1 Å². The molecule has 1 spiro atoms.